The van der Waals surface area contributed by atoms with Gasteiger partial charge in [0, 0.05) is 45.4 Å². The third kappa shape index (κ3) is 8.82. The molecule has 158 valence electrons. The SMILES string of the molecule is CCCC(CCO)CN=C(NCC)NC1CCN(CC2CCCCC2)CC1. The highest BCUT2D eigenvalue weighted by Crippen LogP contribution is 2.25. The zero-order chi connectivity index (χ0) is 19.3. The maximum Gasteiger partial charge on any atom is 0.191 e. The van der Waals surface area contributed by atoms with E-state index in [1.54, 1.807) is 0 Å². The van der Waals surface area contributed by atoms with Crippen LogP contribution >= 0.6 is 0 Å². The summed E-state index contributed by atoms with van der Waals surface area (Å²) in [5, 5.41) is 16.3. The molecule has 27 heavy (non-hydrogen) atoms. The number of aliphatic hydroxyl groups is 1. The van der Waals surface area contributed by atoms with Crippen LogP contribution in [0.2, 0.25) is 0 Å². The molecule has 1 saturated heterocycles. The molecular formula is C22H44N4O. The van der Waals surface area contributed by atoms with Gasteiger partial charge < -0.3 is 20.6 Å². The van der Waals surface area contributed by atoms with Crippen LogP contribution in [0, 0.1) is 11.8 Å². The number of aliphatic imine (C=N–C) groups is 1. The van der Waals surface area contributed by atoms with Gasteiger partial charge in [0.25, 0.3) is 0 Å². The number of nitrogens with zero attached hydrogens (tertiary/aromatic N) is 2. The molecule has 1 aliphatic heterocycles. The number of hydrogen-bond acceptors (Lipinski definition) is 3. The monoisotopic (exact) mass is 380 g/mol. The van der Waals surface area contributed by atoms with Crippen molar-refractivity contribution in [2.24, 2.45) is 16.8 Å². The molecule has 1 heterocycles. The molecule has 5 nitrogen and oxygen atoms in total. The van der Waals surface area contributed by atoms with Crippen molar-refractivity contribution in [1.82, 2.24) is 15.5 Å². The van der Waals surface area contributed by atoms with E-state index >= 15 is 0 Å². The molecule has 5 heteroatoms. The molecular weight excluding hydrogens is 336 g/mol. The van der Waals surface area contributed by atoms with E-state index in [4.69, 9.17) is 4.99 Å². The minimum Gasteiger partial charge on any atom is -0.396 e. The van der Waals surface area contributed by atoms with Gasteiger partial charge in [0.05, 0.1) is 0 Å². The van der Waals surface area contributed by atoms with E-state index in [1.807, 2.05) is 0 Å². The number of aliphatic hydroxyl groups excluding tert-OH is 1. The summed E-state index contributed by atoms with van der Waals surface area (Å²) < 4.78 is 0. The van der Waals surface area contributed by atoms with Gasteiger partial charge in [-0.3, -0.25) is 4.99 Å². The van der Waals surface area contributed by atoms with Gasteiger partial charge in [-0.25, -0.2) is 0 Å². The van der Waals surface area contributed by atoms with E-state index in [1.165, 1.54) is 64.6 Å². The molecule has 0 amide bonds. The van der Waals surface area contributed by atoms with Gasteiger partial charge in [0.1, 0.15) is 0 Å². The molecule has 0 spiro atoms. The Morgan fingerprint density at radius 2 is 1.81 bits per heavy atom. The third-order valence-electron chi connectivity index (χ3n) is 6.26. The van der Waals surface area contributed by atoms with Crippen molar-refractivity contribution in [3.05, 3.63) is 0 Å². The van der Waals surface area contributed by atoms with E-state index in [-0.39, 0.29) is 6.61 Å². The Kier molecular flexibility index (Phi) is 11.1. The number of guanidine groups is 1. The van der Waals surface area contributed by atoms with Gasteiger partial charge in [-0.15, -0.1) is 0 Å². The summed E-state index contributed by atoms with van der Waals surface area (Å²) in [6.07, 6.45) is 12.8. The molecule has 0 aromatic heterocycles. The number of nitrogens with one attached hydrogen (secondary N) is 2. The number of rotatable bonds is 10. The first-order valence-corrected chi connectivity index (χ1v) is 11.6. The maximum atomic E-state index is 9.25. The zero-order valence-electron chi connectivity index (χ0n) is 17.9. The molecule has 2 fully saturated rings. The summed E-state index contributed by atoms with van der Waals surface area (Å²) in [6, 6.07) is 0.535. The van der Waals surface area contributed by atoms with Crippen LogP contribution in [-0.2, 0) is 0 Å². The first-order chi connectivity index (χ1) is 13.2. The highest BCUT2D eigenvalue weighted by molar-refractivity contribution is 5.80. The van der Waals surface area contributed by atoms with Gasteiger partial charge in [0.15, 0.2) is 5.96 Å². The van der Waals surface area contributed by atoms with Crippen LogP contribution in [0.15, 0.2) is 4.99 Å². The van der Waals surface area contributed by atoms with E-state index in [2.05, 4.69) is 29.4 Å². The van der Waals surface area contributed by atoms with Gasteiger partial charge in [-0.05, 0) is 57.3 Å². The Bertz CT molecular complexity index is 395. The van der Waals surface area contributed by atoms with E-state index in [0.717, 1.165) is 44.2 Å². The summed E-state index contributed by atoms with van der Waals surface area (Å²) in [6.45, 7) is 10.1. The molecule has 1 aliphatic carbocycles. The normalized spacial score (nSPS) is 22.0. The number of piperidine rings is 1. The average molecular weight is 381 g/mol. The third-order valence-corrected chi connectivity index (χ3v) is 6.26. The first-order valence-electron chi connectivity index (χ1n) is 11.6. The van der Waals surface area contributed by atoms with Crippen LogP contribution in [-0.4, -0.2) is 61.3 Å². The summed E-state index contributed by atoms with van der Waals surface area (Å²) in [5.41, 5.74) is 0. The zero-order valence-corrected chi connectivity index (χ0v) is 17.9. The average Bonchev–Trinajstić information content (AvgIpc) is 2.69. The molecule has 1 atom stereocenters. The highest BCUT2D eigenvalue weighted by atomic mass is 16.3. The Hall–Kier alpha value is -0.810. The molecule has 1 saturated carbocycles. The van der Waals surface area contributed by atoms with Crippen LogP contribution in [0.1, 0.15) is 78.1 Å². The maximum absolute atomic E-state index is 9.25. The predicted octanol–water partition coefficient (Wildman–Crippen LogP) is 3.38. The fourth-order valence-electron chi connectivity index (χ4n) is 4.65. The molecule has 1 unspecified atom stereocenters. The lowest BCUT2D eigenvalue weighted by Crippen LogP contribution is -2.49. The molecule has 3 N–H and O–H groups in total. The van der Waals surface area contributed by atoms with Crippen molar-refractivity contribution in [2.45, 2.75) is 84.1 Å². The molecule has 0 aromatic rings. The Labute approximate surface area is 167 Å². The number of hydrogen-bond donors (Lipinski definition) is 3. The van der Waals surface area contributed by atoms with Crippen molar-refractivity contribution >= 4 is 5.96 Å². The fraction of sp³-hybridized carbons (Fsp3) is 0.955. The van der Waals surface area contributed by atoms with Gasteiger partial charge in [0.2, 0.25) is 0 Å². The summed E-state index contributed by atoms with van der Waals surface area (Å²) >= 11 is 0. The Balaban J connectivity index is 1.74. The lowest BCUT2D eigenvalue weighted by Gasteiger charge is -2.36. The molecule has 0 bridgehead atoms. The minimum atomic E-state index is 0.267. The lowest BCUT2D eigenvalue weighted by atomic mass is 9.88. The predicted molar refractivity (Wildman–Crippen MR) is 115 cm³/mol. The highest BCUT2D eigenvalue weighted by Gasteiger charge is 2.23. The minimum absolute atomic E-state index is 0.267. The van der Waals surface area contributed by atoms with Crippen LogP contribution in [0.3, 0.4) is 0 Å². The smallest absolute Gasteiger partial charge is 0.191 e. The first kappa shape index (κ1) is 22.5. The van der Waals surface area contributed by atoms with Crippen LogP contribution in [0.4, 0.5) is 0 Å². The van der Waals surface area contributed by atoms with Crippen molar-refractivity contribution in [1.29, 1.82) is 0 Å². The molecule has 2 rings (SSSR count). The second-order valence-corrected chi connectivity index (χ2v) is 8.61. The molecule has 0 radical (unpaired) electrons. The summed E-state index contributed by atoms with van der Waals surface area (Å²) in [7, 11) is 0. The standard InChI is InChI=1S/C22H44N4O/c1-3-8-19(13-16-27)17-24-22(23-4-2)25-21-11-14-26(15-12-21)18-20-9-6-5-7-10-20/h19-21,27H,3-18H2,1-2H3,(H2,23,24,25). The second kappa shape index (κ2) is 13.4. The topological polar surface area (TPSA) is 59.9 Å². The largest absolute Gasteiger partial charge is 0.396 e. The lowest BCUT2D eigenvalue weighted by molar-refractivity contribution is 0.160. The quantitative estimate of drug-likeness (QED) is 0.402. The Morgan fingerprint density at radius 1 is 1.07 bits per heavy atom. The van der Waals surface area contributed by atoms with Crippen molar-refractivity contribution in [2.75, 3.05) is 39.3 Å². The van der Waals surface area contributed by atoms with Crippen LogP contribution in [0.5, 0.6) is 0 Å². The van der Waals surface area contributed by atoms with Gasteiger partial charge >= 0.3 is 0 Å². The van der Waals surface area contributed by atoms with E-state index in [0.29, 0.717) is 12.0 Å². The van der Waals surface area contributed by atoms with Gasteiger partial charge in [-0.1, -0.05) is 32.6 Å². The van der Waals surface area contributed by atoms with Crippen molar-refractivity contribution in [3.8, 4) is 0 Å². The van der Waals surface area contributed by atoms with Crippen LogP contribution in [0.25, 0.3) is 0 Å². The van der Waals surface area contributed by atoms with Crippen LogP contribution < -0.4 is 10.6 Å². The number of likely N-dealkylation sites (tertiary alicyclic amines) is 1. The Morgan fingerprint density at radius 3 is 2.44 bits per heavy atom. The van der Waals surface area contributed by atoms with Crippen molar-refractivity contribution in [3.63, 3.8) is 0 Å². The second-order valence-electron chi connectivity index (χ2n) is 8.61. The van der Waals surface area contributed by atoms with Crippen molar-refractivity contribution < 1.29 is 5.11 Å². The molecule has 0 aromatic carbocycles. The van der Waals surface area contributed by atoms with E-state index in [9.17, 15) is 5.11 Å². The van der Waals surface area contributed by atoms with Gasteiger partial charge in [-0.2, -0.15) is 0 Å². The molecule has 2 aliphatic rings. The summed E-state index contributed by atoms with van der Waals surface area (Å²) in [5.74, 6) is 2.40. The summed E-state index contributed by atoms with van der Waals surface area (Å²) in [4.78, 5) is 7.52. The fourth-order valence-corrected chi connectivity index (χ4v) is 4.65. The van der Waals surface area contributed by atoms with E-state index < -0.39 is 0 Å².